The summed E-state index contributed by atoms with van der Waals surface area (Å²) in [5.74, 6) is -1.25. The molecule has 20 heavy (non-hydrogen) atoms. The molecule has 0 saturated heterocycles. The molecule has 6 heteroatoms. The Hall–Kier alpha value is -1.79. The fraction of sp³-hybridized carbons (Fsp3) is 0.143. The molecule has 2 rings (SSSR count). The van der Waals surface area contributed by atoms with E-state index in [-0.39, 0.29) is 22.8 Å². The third-order valence-electron chi connectivity index (χ3n) is 2.86. The van der Waals surface area contributed by atoms with Crippen molar-refractivity contribution in [1.82, 2.24) is 0 Å². The van der Waals surface area contributed by atoms with Gasteiger partial charge in [0.2, 0.25) is 0 Å². The van der Waals surface area contributed by atoms with E-state index in [1.807, 2.05) is 0 Å². The van der Waals surface area contributed by atoms with Gasteiger partial charge in [-0.2, -0.15) is 0 Å². The average Bonchev–Trinajstić information content (AvgIpc) is 2.41. The molecule has 0 spiro atoms. The van der Waals surface area contributed by atoms with E-state index in [2.05, 4.69) is 0 Å². The van der Waals surface area contributed by atoms with Gasteiger partial charge in [-0.1, -0.05) is 12.1 Å². The Morgan fingerprint density at radius 2 is 1.65 bits per heavy atom. The molecular weight excluding hydrogens is 284 g/mol. The van der Waals surface area contributed by atoms with Crippen molar-refractivity contribution in [3.8, 4) is 0 Å². The maximum atomic E-state index is 13.3. The smallest absolute Gasteiger partial charge is 0.182 e. The molecule has 0 saturated carbocycles. The van der Waals surface area contributed by atoms with Crippen LogP contribution < -0.4 is 5.73 Å². The van der Waals surface area contributed by atoms with Gasteiger partial charge >= 0.3 is 0 Å². The second kappa shape index (κ2) is 5.68. The van der Waals surface area contributed by atoms with Crippen molar-refractivity contribution in [1.29, 1.82) is 0 Å². The molecular formula is C14H13F2NO2S. The van der Waals surface area contributed by atoms with Crippen LogP contribution in [0.3, 0.4) is 0 Å². The molecule has 0 aliphatic heterocycles. The summed E-state index contributed by atoms with van der Waals surface area (Å²) in [7, 11) is -3.60. The van der Waals surface area contributed by atoms with Crippen molar-refractivity contribution >= 4 is 9.84 Å². The van der Waals surface area contributed by atoms with E-state index in [4.69, 9.17) is 5.73 Å². The minimum absolute atomic E-state index is 0.00370. The zero-order valence-electron chi connectivity index (χ0n) is 10.5. The van der Waals surface area contributed by atoms with Crippen LogP contribution in [0.1, 0.15) is 11.1 Å². The number of hydrogen-bond acceptors (Lipinski definition) is 3. The number of rotatable bonds is 4. The van der Waals surface area contributed by atoms with Crippen molar-refractivity contribution in [2.75, 3.05) is 0 Å². The van der Waals surface area contributed by atoms with Crippen LogP contribution in [0.15, 0.2) is 47.4 Å². The monoisotopic (exact) mass is 297 g/mol. The molecule has 0 bridgehead atoms. The Labute approximate surface area is 116 Å². The van der Waals surface area contributed by atoms with Crippen LogP contribution in [-0.4, -0.2) is 8.42 Å². The molecule has 2 aromatic carbocycles. The highest BCUT2D eigenvalue weighted by Gasteiger charge is 2.16. The van der Waals surface area contributed by atoms with Crippen molar-refractivity contribution in [3.05, 3.63) is 65.2 Å². The molecule has 0 radical (unpaired) electrons. The lowest BCUT2D eigenvalue weighted by Gasteiger charge is -2.07. The lowest BCUT2D eigenvalue weighted by atomic mass is 10.1. The zero-order valence-corrected chi connectivity index (χ0v) is 11.3. The maximum absolute atomic E-state index is 13.3. The molecule has 0 fully saturated rings. The molecule has 0 heterocycles. The summed E-state index contributed by atoms with van der Waals surface area (Å²) in [6.45, 7) is -0.00370. The van der Waals surface area contributed by atoms with Crippen LogP contribution in [-0.2, 0) is 22.1 Å². The molecule has 3 nitrogen and oxygen atoms in total. The van der Waals surface area contributed by atoms with Gasteiger partial charge in [-0.15, -0.1) is 0 Å². The van der Waals surface area contributed by atoms with Crippen LogP contribution in [0.2, 0.25) is 0 Å². The third kappa shape index (κ3) is 3.20. The summed E-state index contributed by atoms with van der Waals surface area (Å²) in [4.78, 5) is 0.0255. The average molecular weight is 297 g/mol. The van der Waals surface area contributed by atoms with Gasteiger partial charge in [0.25, 0.3) is 0 Å². The van der Waals surface area contributed by atoms with Gasteiger partial charge in [0.15, 0.2) is 9.84 Å². The fourth-order valence-electron chi connectivity index (χ4n) is 1.82. The van der Waals surface area contributed by atoms with Gasteiger partial charge in [0, 0.05) is 12.1 Å². The van der Waals surface area contributed by atoms with E-state index < -0.39 is 21.5 Å². The van der Waals surface area contributed by atoms with E-state index in [1.165, 1.54) is 30.3 Å². The van der Waals surface area contributed by atoms with Gasteiger partial charge in [-0.05, 0) is 35.9 Å². The van der Waals surface area contributed by atoms with Crippen LogP contribution >= 0.6 is 0 Å². The van der Waals surface area contributed by atoms with Gasteiger partial charge in [0.05, 0.1) is 10.6 Å². The first-order valence-electron chi connectivity index (χ1n) is 5.88. The quantitative estimate of drug-likeness (QED) is 0.882. The zero-order chi connectivity index (χ0) is 14.8. The molecule has 0 aliphatic carbocycles. The van der Waals surface area contributed by atoms with Crippen molar-refractivity contribution in [2.45, 2.75) is 17.2 Å². The van der Waals surface area contributed by atoms with E-state index in [0.717, 1.165) is 12.1 Å². The lowest BCUT2D eigenvalue weighted by Crippen LogP contribution is -2.07. The third-order valence-corrected chi connectivity index (χ3v) is 4.56. The predicted octanol–water partition coefficient (Wildman–Crippen LogP) is 2.40. The van der Waals surface area contributed by atoms with Crippen molar-refractivity contribution < 1.29 is 17.2 Å². The van der Waals surface area contributed by atoms with Gasteiger partial charge in [0.1, 0.15) is 11.6 Å². The second-order valence-electron chi connectivity index (χ2n) is 4.34. The molecule has 0 atom stereocenters. The fourth-order valence-corrected chi connectivity index (χ4v) is 3.15. The number of hydrogen-bond donors (Lipinski definition) is 1. The van der Waals surface area contributed by atoms with Gasteiger partial charge in [-0.3, -0.25) is 0 Å². The molecule has 0 aromatic heterocycles. The van der Waals surface area contributed by atoms with E-state index in [9.17, 15) is 17.2 Å². The van der Waals surface area contributed by atoms with Crippen molar-refractivity contribution in [3.63, 3.8) is 0 Å². The summed E-state index contributed by atoms with van der Waals surface area (Å²) < 4.78 is 50.4. The summed E-state index contributed by atoms with van der Waals surface area (Å²) >= 11 is 0. The maximum Gasteiger partial charge on any atom is 0.182 e. The Bertz CT molecular complexity index is 712. The molecule has 106 valence electrons. The standard InChI is InChI=1S/C14H13F2NO2S/c15-12-2-4-13(5-3-12)20(18,19)9-10-1-6-14(16)11(7-10)8-17/h1-7H,8-9,17H2. The molecule has 2 aromatic rings. The molecule has 2 N–H and O–H groups in total. The lowest BCUT2D eigenvalue weighted by molar-refractivity contribution is 0.592. The summed E-state index contributed by atoms with van der Waals surface area (Å²) in [5, 5.41) is 0. The first-order chi connectivity index (χ1) is 9.42. The number of sulfone groups is 1. The Balaban J connectivity index is 2.30. The van der Waals surface area contributed by atoms with E-state index >= 15 is 0 Å². The second-order valence-corrected chi connectivity index (χ2v) is 6.33. The summed E-state index contributed by atoms with van der Waals surface area (Å²) in [6.07, 6.45) is 0. The molecule has 0 amide bonds. The topological polar surface area (TPSA) is 60.2 Å². The summed E-state index contributed by atoms with van der Waals surface area (Å²) in [5.41, 5.74) is 6.08. The normalized spacial score (nSPS) is 11.6. The minimum Gasteiger partial charge on any atom is -0.326 e. The highest BCUT2D eigenvalue weighted by atomic mass is 32.2. The van der Waals surface area contributed by atoms with Gasteiger partial charge < -0.3 is 5.73 Å². The predicted molar refractivity (Wildman–Crippen MR) is 71.6 cm³/mol. The largest absolute Gasteiger partial charge is 0.326 e. The van der Waals surface area contributed by atoms with Crippen LogP contribution in [0.5, 0.6) is 0 Å². The Morgan fingerprint density at radius 1 is 1.00 bits per heavy atom. The number of benzene rings is 2. The van der Waals surface area contributed by atoms with Crippen LogP contribution in [0.4, 0.5) is 8.78 Å². The Morgan fingerprint density at radius 3 is 2.25 bits per heavy atom. The van der Waals surface area contributed by atoms with Crippen molar-refractivity contribution in [2.24, 2.45) is 5.73 Å². The SMILES string of the molecule is NCc1cc(CS(=O)(=O)c2ccc(F)cc2)ccc1F. The van der Waals surface area contributed by atoms with Crippen LogP contribution in [0, 0.1) is 11.6 Å². The molecule has 0 unspecified atom stereocenters. The Kier molecular flexibility index (Phi) is 4.15. The van der Waals surface area contributed by atoms with E-state index in [0.29, 0.717) is 5.56 Å². The van der Waals surface area contributed by atoms with E-state index in [1.54, 1.807) is 0 Å². The first-order valence-corrected chi connectivity index (χ1v) is 7.53. The minimum atomic E-state index is -3.60. The number of nitrogens with two attached hydrogens (primary N) is 1. The van der Waals surface area contributed by atoms with Gasteiger partial charge in [-0.25, -0.2) is 17.2 Å². The molecule has 0 aliphatic rings. The highest BCUT2D eigenvalue weighted by Crippen LogP contribution is 2.18. The van der Waals surface area contributed by atoms with Crippen LogP contribution in [0.25, 0.3) is 0 Å². The highest BCUT2D eigenvalue weighted by molar-refractivity contribution is 7.90. The summed E-state index contributed by atoms with van der Waals surface area (Å²) in [6, 6.07) is 8.60. The first kappa shape index (κ1) is 14.6. The number of halogens is 2.